The van der Waals surface area contributed by atoms with Crippen LogP contribution < -0.4 is 5.32 Å². The number of hydrogen-bond donors (Lipinski definition) is 1. The van der Waals surface area contributed by atoms with Crippen LogP contribution in [0.3, 0.4) is 0 Å². The van der Waals surface area contributed by atoms with Gasteiger partial charge in [-0.1, -0.05) is 18.9 Å². The van der Waals surface area contributed by atoms with Gasteiger partial charge in [0.1, 0.15) is 5.82 Å². The second kappa shape index (κ2) is 6.01. The highest BCUT2D eigenvalue weighted by molar-refractivity contribution is 5.51. The van der Waals surface area contributed by atoms with Gasteiger partial charge in [0.05, 0.1) is 17.9 Å². The first-order valence-electron chi connectivity index (χ1n) is 6.17. The number of hydrogen-bond acceptors (Lipinski definition) is 2. The molecule has 0 aliphatic carbocycles. The molecule has 1 unspecified atom stereocenters. The minimum Gasteiger partial charge on any atom is -0.377 e. The van der Waals surface area contributed by atoms with Gasteiger partial charge in [0, 0.05) is 11.3 Å². The van der Waals surface area contributed by atoms with Gasteiger partial charge >= 0.3 is 0 Å². The van der Waals surface area contributed by atoms with Gasteiger partial charge < -0.3 is 5.32 Å². The van der Waals surface area contributed by atoms with Crippen LogP contribution in [0.4, 0.5) is 10.1 Å². The minimum atomic E-state index is -0.326. The Morgan fingerprint density at radius 1 is 1.37 bits per heavy atom. The molecule has 0 saturated heterocycles. The van der Waals surface area contributed by atoms with Gasteiger partial charge in [0.15, 0.2) is 0 Å². The fraction of sp³-hybridized carbons (Fsp3) is 0.188. The predicted molar refractivity (Wildman–Crippen MR) is 75.2 cm³/mol. The predicted octanol–water partition coefficient (Wildman–Crippen LogP) is 3.77. The Kier molecular flexibility index (Phi) is 4.15. The number of aromatic nitrogens is 1. The number of nitrogens with zero attached hydrogens (tertiary/aromatic N) is 1. The molecule has 1 atom stereocenters. The summed E-state index contributed by atoms with van der Waals surface area (Å²) in [5, 5.41) is 3.36. The maximum absolute atomic E-state index is 12.9. The van der Waals surface area contributed by atoms with E-state index in [4.69, 9.17) is 6.42 Å². The number of nitrogens with one attached hydrogen (secondary N) is 1. The lowest BCUT2D eigenvalue weighted by Gasteiger charge is -2.18. The molecule has 1 heterocycles. The fourth-order valence-corrected chi connectivity index (χ4v) is 1.88. The van der Waals surface area contributed by atoms with Crippen LogP contribution in [-0.4, -0.2) is 4.98 Å². The van der Waals surface area contributed by atoms with Crippen LogP contribution in [0.1, 0.15) is 30.6 Å². The molecule has 19 heavy (non-hydrogen) atoms. The van der Waals surface area contributed by atoms with E-state index in [9.17, 15) is 4.39 Å². The van der Waals surface area contributed by atoms with Crippen molar-refractivity contribution in [2.75, 3.05) is 5.32 Å². The second-order valence-electron chi connectivity index (χ2n) is 4.23. The first-order chi connectivity index (χ1) is 9.22. The third kappa shape index (κ3) is 3.32. The summed E-state index contributed by atoms with van der Waals surface area (Å²) in [6, 6.07) is 10.8. The standard InChI is InChI=1S/C16H15FN2/c1-3-12-6-5-7-14(10-12)19-15(4-2)16-9-8-13(17)11-18-16/h1,5-11,15,19H,4H2,2H3. The Morgan fingerprint density at radius 2 is 2.21 bits per heavy atom. The molecule has 2 rings (SSSR count). The fourth-order valence-electron chi connectivity index (χ4n) is 1.88. The average molecular weight is 254 g/mol. The Bertz CT molecular complexity index is 584. The normalized spacial score (nSPS) is 11.6. The van der Waals surface area contributed by atoms with Crippen molar-refractivity contribution in [2.45, 2.75) is 19.4 Å². The van der Waals surface area contributed by atoms with Gasteiger partial charge in [0.2, 0.25) is 0 Å². The largest absolute Gasteiger partial charge is 0.377 e. The van der Waals surface area contributed by atoms with Crippen LogP contribution in [0.25, 0.3) is 0 Å². The number of halogens is 1. The van der Waals surface area contributed by atoms with Crippen molar-refractivity contribution in [3.8, 4) is 12.3 Å². The lowest BCUT2D eigenvalue weighted by Crippen LogP contribution is -2.11. The number of rotatable bonds is 4. The van der Waals surface area contributed by atoms with E-state index in [1.54, 1.807) is 6.07 Å². The zero-order valence-corrected chi connectivity index (χ0v) is 10.7. The van der Waals surface area contributed by atoms with E-state index in [1.807, 2.05) is 31.2 Å². The molecule has 2 nitrogen and oxygen atoms in total. The molecule has 1 aromatic heterocycles. The topological polar surface area (TPSA) is 24.9 Å². The SMILES string of the molecule is C#Cc1cccc(NC(CC)c2ccc(F)cn2)c1. The van der Waals surface area contributed by atoms with Crippen LogP contribution in [-0.2, 0) is 0 Å². The Labute approximate surface area is 112 Å². The van der Waals surface area contributed by atoms with Crippen molar-refractivity contribution in [2.24, 2.45) is 0 Å². The van der Waals surface area contributed by atoms with E-state index in [-0.39, 0.29) is 11.9 Å². The van der Waals surface area contributed by atoms with Crippen molar-refractivity contribution < 1.29 is 4.39 Å². The van der Waals surface area contributed by atoms with Gasteiger partial charge in [-0.15, -0.1) is 6.42 Å². The summed E-state index contributed by atoms with van der Waals surface area (Å²) in [4.78, 5) is 4.11. The molecule has 0 radical (unpaired) electrons. The zero-order valence-electron chi connectivity index (χ0n) is 10.7. The maximum Gasteiger partial charge on any atom is 0.141 e. The molecule has 96 valence electrons. The molecule has 0 saturated carbocycles. The summed E-state index contributed by atoms with van der Waals surface area (Å²) in [5.41, 5.74) is 2.58. The molecule has 0 fully saturated rings. The maximum atomic E-state index is 12.9. The minimum absolute atomic E-state index is 0.0358. The average Bonchev–Trinajstić information content (AvgIpc) is 2.46. The smallest absolute Gasteiger partial charge is 0.141 e. The molecular formula is C16H15FN2. The number of anilines is 1. The van der Waals surface area contributed by atoms with Crippen LogP contribution in [0, 0.1) is 18.2 Å². The highest BCUT2D eigenvalue weighted by Crippen LogP contribution is 2.21. The summed E-state index contributed by atoms with van der Waals surface area (Å²) in [5.74, 6) is 2.27. The zero-order chi connectivity index (χ0) is 13.7. The quantitative estimate of drug-likeness (QED) is 0.840. The first-order valence-corrected chi connectivity index (χ1v) is 6.17. The van der Waals surface area contributed by atoms with E-state index in [0.29, 0.717) is 0 Å². The van der Waals surface area contributed by atoms with Crippen molar-refractivity contribution in [3.63, 3.8) is 0 Å². The van der Waals surface area contributed by atoms with Crippen LogP contribution in [0.5, 0.6) is 0 Å². The van der Waals surface area contributed by atoms with Crippen molar-refractivity contribution in [3.05, 3.63) is 59.7 Å². The first kappa shape index (κ1) is 13.1. The Hall–Kier alpha value is -2.34. The van der Waals surface area contributed by atoms with Gasteiger partial charge in [-0.25, -0.2) is 4.39 Å². The van der Waals surface area contributed by atoms with Gasteiger partial charge in [-0.2, -0.15) is 0 Å². The molecule has 1 N–H and O–H groups in total. The van der Waals surface area contributed by atoms with Gasteiger partial charge in [-0.3, -0.25) is 4.98 Å². The van der Waals surface area contributed by atoms with Crippen molar-refractivity contribution in [1.82, 2.24) is 4.98 Å². The monoisotopic (exact) mass is 254 g/mol. The molecule has 2 aromatic rings. The van der Waals surface area contributed by atoms with E-state index < -0.39 is 0 Å². The summed E-state index contributed by atoms with van der Waals surface area (Å²) in [7, 11) is 0. The molecule has 0 bridgehead atoms. The molecular weight excluding hydrogens is 239 g/mol. The van der Waals surface area contributed by atoms with Gasteiger partial charge in [-0.05, 0) is 36.8 Å². The van der Waals surface area contributed by atoms with Crippen molar-refractivity contribution in [1.29, 1.82) is 0 Å². The van der Waals surface area contributed by atoms with E-state index in [1.165, 1.54) is 12.3 Å². The Balaban J connectivity index is 2.19. The molecule has 1 aromatic carbocycles. The number of pyridine rings is 1. The third-order valence-corrected chi connectivity index (χ3v) is 2.89. The summed E-state index contributed by atoms with van der Waals surface area (Å²) >= 11 is 0. The van der Waals surface area contributed by atoms with Crippen LogP contribution in [0.2, 0.25) is 0 Å². The summed E-state index contributed by atoms with van der Waals surface area (Å²) in [6.45, 7) is 2.05. The molecule has 0 spiro atoms. The van der Waals surface area contributed by atoms with E-state index in [0.717, 1.165) is 23.4 Å². The summed E-state index contributed by atoms with van der Waals surface area (Å²) < 4.78 is 12.9. The second-order valence-corrected chi connectivity index (χ2v) is 4.23. The summed E-state index contributed by atoms with van der Waals surface area (Å²) in [6.07, 6.45) is 7.46. The lowest BCUT2D eigenvalue weighted by atomic mass is 10.1. The van der Waals surface area contributed by atoms with E-state index in [2.05, 4.69) is 16.2 Å². The molecule has 0 amide bonds. The van der Waals surface area contributed by atoms with Gasteiger partial charge in [0.25, 0.3) is 0 Å². The lowest BCUT2D eigenvalue weighted by molar-refractivity contribution is 0.614. The van der Waals surface area contributed by atoms with Crippen molar-refractivity contribution >= 4 is 5.69 Å². The number of terminal acetylenes is 1. The molecule has 0 aliphatic rings. The van der Waals surface area contributed by atoms with Crippen LogP contribution >= 0.6 is 0 Å². The van der Waals surface area contributed by atoms with Crippen LogP contribution in [0.15, 0.2) is 42.6 Å². The molecule has 0 aliphatic heterocycles. The Morgan fingerprint density at radius 3 is 2.84 bits per heavy atom. The molecule has 3 heteroatoms. The third-order valence-electron chi connectivity index (χ3n) is 2.89. The van der Waals surface area contributed by atoms with E-state index >= 15 is 0 Å². The number of benzene rings is 1. The highest BCUT2D eigenvalue weighted by atomic mass is 19.1. The highest BCUT2D eigenvalue weighted by Gasteiger charge is 2.10.